The minimum Gasteiger partial charge on any atom is -0.481 e. The van der Waals surface area contributed by atoms with E-state index in [0.717, 1.165) is 32.8 Å². The molecule has 0 bridgehead atoms. The van der Waals surface area contributed by atoms with E-state index in [1.54, 1.807) is 11.3 Å². The van der Waals surface area contributed by atoms with Crippen molar-refractivity contribution in [3.63, 3.8) is 0 Å². The second-order valence-electron chi connectivity index (χ2n) is 4.08. The van der Waals surface area contributed by atoms with E-state index in [2.05, 4.69) is 18.3 Å². The molecule has 1 aliphatic heterocycles. The Morgan fingerprint density at radius 3 is 3.00 bits per heavy atom. The van der Waals surface area contributed by atoms with Crippen molar-refractivity contribution in [3.8, 4) is 5.75 Å². The number of benzene rings is 1. The van der Waals surface area contributed by atoms with Gasteiger partial charge in [-0.3, -0.25) is 0 Å². The van der Waals surface area contributed by atoms with Gasteiger partial charge in [-0.05, 0) is 30.7 Å². The van der Waals surface area contributed by atoms with Crippen molar-refractivity contribution < 1.29 is 4.74 Å². The highest BCUT2D eigenvalue weighted by molar-refractivity contribution is 7.16. The molecule has 88 valence electrons. The van der Waals surface area contributed by atoms with E-state index in [4.69, 9.17) is 16.3 Å². The van der Waals surface area contributed by atoms with Gasteiger partial charge in [-0.25, -0.2) is 0 Å². The van der Waals surface area contributed by atoms with Crippen molar-refractivity contribution in [3.05, 3.63) is 45.1 Å². The highest BCUT2D eigenvalue weighted by Gasteiger charge is 2.23. The third-order valence-corrected chi connectivity index (χ3v) is 4.18. The quantitative estimate of drug-likeness (QED) is 0.832. The number of ether oxygens (including phenoxy) is 1. The standard InChI is InChI=1S/C13H12ClNOS/c1-8-3-2-4-9-13(8)16-10(7-15-9)11-5-6-12(14)17-11/h2-6,10,15H,7H2,1H3. The average Bonchev–Trinajstić information content (AvgIpc) is 2.76. The minimum absolute atomic E-state index is 0.0566. The predicted molar refractivity (Wildman–Crippen MR) is 72.4 cm³/mol. The van der Waals surface area contributed by atoms with Crippen LogP contribution in [0.3, 0.4) is 0 Å². The molecule has 3 rings (SSSR count). The van der Waals surface area contributed by atoms with Crippen LogP contribution in [0.5, 0.6) is 5.75 Å². The number of nitrogens with one attached hydrogen (secondary N) is 1. The fourth-order valence-electron chi connectivity index (χ4n) is 1.99. The molecular formula is C13H12ClNOS. The van der Waals surface area contributed by atoms with Crippen LogP contribution < -0.4 is 10.1 Å². The van der Waals surface area contributed by atoms with Crippen molar-refractivity contribution in [2.24, 2.45) is 0 Å². The zero-order chi connectivity index (χ0) is 11.8. The van der Waals surface area contributed by atoms with E-state index < -0.39 is 0 Å². The van der Waals surface area contributed by atoms with Gasteiger partial charge in [-0.15, -0.1) is 11.3 Å². The molecule has 1 atom stereocenters. The zero-order valence-electron chi connectivity index (χ0n) is 9.37. The van der Waals surface area contributed by atoms with Crippen molar-refractivity contribution in [2.75, 3.05) is 11.9 Å². The molecule has 0 saturated heterocycles. The summed E-state index contributed by atoms with van der Waals surface area (Å²) < 4.78 is 6.86. The lowest BCUT2D eigenvalue weighted by atomic mass is 10.1. The van der Waals surface area contributed by atoms with Crippen LogP contribution in [0.15, 0.2) is 30.3 Å². The van der Waals surface area contributed by atoms with E-state index in [1.807, 2.05) is 24.3 Å². The summed E-state index contributed by atoms with van der Waals surface area (Å²) in [6.07, 6.45) is 0.0566. The lowest BCUT2D eigenvalue weighted by Gasteiger charge is -2.27. The fourth-order valence-corrected chi connectivity index (χ4v) is 3.09. The lowest BCUT2D eigenvalue weighted by Crippen LogP contribution is -2.23. The van der Waals surface area contributed by atoms with Crippen LogP contribution in [0.25, 0.3) is 0 Å². The first-order valence-corrected chi connectivity index (χ1v) is 6.69. The van der Waals surface area contributed by atoms with Crippen LogP contribution in [-0.4, -0.2) is 6.54 Å². The fraction of sp³-hybridized carbons (Fsp3) is 0.231. The van der Waals surface area contributed by atoms with Crippen molar-refractivity contribution in [1.29, 1.82) is 0 Å². The summed E-state index contributed by atoms with van der Waals surface area (Å²) in [5.74, 6) is 0.952. The summed E-state index contributed by atoms with van der Waals surface area (Å²) >= 11 is 7.53. The maximum Gasteiger partial charge on any atom is 0.150 e. The molecule has 0 aliphatic carbocycles. The Bertz CT molecular complexity index is 552. The van der Waals surface area contributed by atoms with Gasteiger partial charge in [0.25, 0.3) is 0 Å². The molecule has 4 heteroatoms. The molecule has 0 spiro atoms. The van der Waals surface area contributed by atoms with Crippen LogP contribution >= 0.6 is 22.9 Å². The summed E-state index contributed by atoms with van der Waals surface area (Å²) in [4.78, 5) is 1.16. The van der Waals surface area contributed by atoms with Crippen molar-refractivity contribution >= 4 is 28.6 Å². The monoisotopic (exact) mass is 265 g/mol. The first-order valence-electron chi connectivity index (χ1n) is 5.49. The number of anilines is 1. The van der Waals surface area contributed by atoms with Gasteiger partial charge < -0.3 is 10.1 Å². The summed E-state index contributed by atoms with van der Waals surface area (Å²) in [6, 6.07) is 10.1. The average molecular weight is 266 g/mol. The van der Waals surface area contributed by atoms with Crippen LogP contribution in [0, 0.1) is 6.92 Å². The second-order valence-corrected chi connectivity index (χ2v) is 5.83. The largest absolute Gasteiger partial charge is 0.481 e. The molecule has 1 unspecified atom stereocenters. The molecule has 2 aromatic rings. The Morgan fingerprint density at radius 1 is 1.35 bits per heavy atom. The number of rotatable bonds is 1. The number of thiophene rings is 1. The van der Waals surface area contributed by atoms with E-state index in [-0.39, 0.29) is 6.10 Å². The third-order valence-electron chi connectivity index (χ3n) is 2.86. The first kappa shape index (κ1) is 10.9. The topological polar surface area (TPSA) is 21.3 Å². The smallest absolute Gasteiger partial charge is 0.150 e. The Hall–Kier alpha value is -1.19. The van der Waals surface area contributed by atoms with E-state index in [1.165, 1.54) is 0 Å². The Morgan fingerprint density at radius 2 is 2.24 bits per heavy atom. The molecule has 1 N–H and O–H groups in total. The van der Waals surface area contributed by atoms with Crippen LogP contribution in [0.1, 0.15) is 16.5 Å². The van der Waals surface area contributed by atoms with Crippen molar-refractivity contribution in [1.82, 2.24) is 0 Å². The molecule has 1 aliphatic rings. The second kappa shape index (κ2) is 4.24. The lowest BCUT2D eigenvalue weighted by molar-refractivity contribution is 0.213. The Balaban J connectivity index is 1.92. The van der Waals surface area contributed by atoms with Gasteiger partial charge >= 0.3 is 0 Å². The van der Waals surface area contributed by atoms with E-state index >= 15 is 0 Å². The SMILES string of the molecule is Cc1cccc2c1OC(c1ccc(Cl)s1)CN2. The molecule has 0 fully saturated rings. The predicted octanol–water partition coefficient (Wildman–Crippen LogP) is 4.26. The number of halogens is 1. The van der Waals surface area contributed by atoms with Gasteiger partial charge in [-0.2, -0.15) is 0 Å². The van der Waals surface area contributed by atoms with Gasteiger partial charge in [0.2, 0.25) is 0 Å². The maximum absolute atomic E-state index is 6.05. The Labute approximate surface area is 109 Å². The summed E-state index contributed by atoms with van der Waals surface area (Å²) in [5.41, 5.74) is 2.23. The molecule has 1 aromatic heterocycles. The number of hydrogen-bond donors (Lipinski definition) is 1. The van der Waals surface area contributed by atoms with Gasteiger partial charge in [0.1, 0.15) is 5.75 Å². The van der Waals surface area contributed by atoms with Crippen LogP contribution in [-0.2, 0) is 0 Å². The van der Waals surface area contributed by atoms with E-state index in [9.17, 15) is 0 Å². The molecule has 2 nitrogen and oxygen atoms in total. The highest BCUT2D eigenvalue weighted by atomic mass is 35.5. The van der Waals surface area contributed by atoms with Crippen LogP contribution in [0.4, 0.5) is 5.69 Å². The number of fused-ring (bicyclic) bond motifs is 1. The van der Waals surface area contributed by atoms with Gasteiger partial charge in [0.05, 0.1) is 16.6 Å². The molecule has 0 radical (unpaired) electrons. The summed E-state index contributed by atoms with van der Waals surface area (Å²) in [6.45, 7) is 2.84. The summed E-state index contributed by atoms with van der Waals surface area (Å²) in [7, 11) is 0. The summed E-state index contributed by atoms with van der Waals surface area (Å²) in [5, 5.41) is 3.40. The molecule has 0 saturated carbocycles. The van der Waals surface area contributed by atoms with Gasteiger partial charge in [-0.1, -0.05) is 23.7 Å². The minimum atomic E-state index is 0.0566. The Kier molecular flexibility index (Phi) is 2.73. The third kappa shape index (κ3) is 2.01. The number of hydrogen-bond acceptors (Lipinski definition) is 3. The molecule has 0 amide bonds. The van der Waals surface area contributed by atoms with Crippen LogP contribution in [0.2, 0.25) is 4.34 Å². The molecule has 1 aromatic carbocycles. The normalized spacial score (nSPS) is 18.1. The molecular weight excluding hydrogens is 254 g/mol. The van der Waals surface area contributed by atoms with Gasteiger partial charge in [0, 0.05) is 4.88 Å². The first-order chi connectivity index (χ1) is 8.24. The number of para-hydroxylation sites is 1. The van der Waals surface area contributed by atoms with E-state index in [0.29, 0.717) is 0 Å². The zero-order valence-corrected chi connectivity index (χ0v) is 10.9. The number of aryl methyl sites for hydroxylation is 1. The van der Waals surface area contributed by atoms with Gasteiger partial charge in [0.15, 0.2) is 6.10 Å². The molecule has 2 heterocycles. The maximum atomic E-state index is 6.05. The highest BCUT2D eigenvalue weighted by Crippen LogP contribution is 2.38. The molecule has 17 heavy (non-hydrogen) atoms. The van der Waals surface area contributed by atoms with Crippen molar-refractivity contribution in [2.45, 2.75) is 13.0 Å².